The lowest BCUT2D eigenvalue weighted by Crippen LogP contribution is -2.38. The van der Waals surface area contributed by atoms with Crippen LogP contribution in [0.2, 0.25) is 0 Å². The average Bonchev–Trinajstić information content (AvgIpc) is 2.92. The van der Waals surface area contributed by atoms with E-state index in [1.807, 2.05) is 13.8 Å². The molecule has 0 aliphatic carbocycles. The molecule has 8 nitrogen and oxygen atoms in total. The van der Waals surface area contributed by atoms with Crippen molar-refractivity contribution in [2.45, 2.75) is 39.8 Å². The quantitative estimate of drug-likeness (QED) is 0.422. The standard InChI is InChI=1S/C22H23N3O5/c1-13(2)24-21(26)19(15-5-9-17(10-6-15)25(28)29)20(22(24)27)23-16-7-11-18(12-8-16)30-14(3)4/h5-14,23H,1-4H3. The Morgan fingerprint density at radius 2 is 1.53 bits per heavy atom. The molecule has 0 fully saturated rings. The van der Waals surface area contributed by atoms with Crippen LogP contribution in [0.4, 0.5) is 11.4 Å². The third-order valence-corrected chi connectivity index (χ3v) is 4.49. The van der Waals surface area contributed by atoms with Crippen LogP contribution in [-0.4, -0.2) is 33.8 Å². The number of nitro benzene ring substituents is 1. The van der Waals surface area contributed by atoms with Gasteiger partial charge < -0.3 is 10.1 Å². The van der Waals surface area contributed by atoms with E-state index in [0.717, 1.165) is 0 Å². The van der Waals surface area contributed by atoms with Crippen LogP contribution in [0.15, 0.2) is 54.2 Å². The van der Waals surface area contributed by atoms with Crippen LogP contribution in [0.3, 0.4) is 0 Å². The highest BCUT2D eigenvalue weighted by atomic mass is 16.6. The summed E-state index contributed by atoms with van der Waals surface area (Å²) in [5.74, 6) is -0.185. The molecule has 0 unspecified atom stereocenters. The summed E-state index contributed by atoms with van der Waals surface area (Å²) in [6.07, 6.45) is 0.0360. The van der Waals surface area contributed by atoms with Gasteiger partial charge in [0.2, 0.25) is 0 Å². The first-order valence-corrected chi connectivity index (χ1v) is 9.59. The number of non-ortho nitro benzene ring substituents is 1. The fourth-order valence-corrected chi connectivity index (χ4v) is 3.18. The summed E-state index contributed by atoms with van der Waals surface area (Å²) in [6.45, 7) is 7.36. The van der Waals surface area contributed by atoms with Crippen LogP contribution < -0.4 is 10.1 Å². The summed E-state index contributed by atoms with van der Waals surface area (Å²) in [5, 5.41) is 14.0. The van der Waals surface area contributed by atoms with Crippen LogP contribution in [-0.2, 0) is 9.59 Å². The molecule has 0 bridgehead atoms. The summed E-state index contributed by atoms with van der Waals surface area (Å²) >= 11 is 0. The smallest absolute Gasteiger partial charge is 0.278 e. The largest absolute Gasteiger partial charge is 0.491 e. The van der Waals surface area contributed by atoms with Gasteiger partial charge in [-0.15, -0.1) is 0 Å². The number of carbonyl (C=O) groups excluding carboxylic acids is 2. The fraction of sp³-hybridized carbons (Fsp3) is 0.273. The number of carbonyl (C=O) groups is 2. The lowest BCUT2D eigenvalue weighted by atomic mass is 10.0. The van der Waals surface area contributed by atoms with E-state index in [1.165, 1.54) is 29.2 Å². The zero-order chi connectivity index (χ0) is 22.0. The number of ether oxygens (including phenoxy) is 1. The predicted octanol–water partition coefficient (Wildman–Crippen LogP) is 3.98. The molecule has 0 spiro atoms. The molecule has 1 aliphatic heterocycles. The maximum atomic E-state index is 13.0. The van der Waals surface area contributed by atoms with Crippen molar-refractivity contribution in [2.75, 3.05) is 5.32 Å². The molecule has 1 N–H and O–H groups in total. The van der Waals surface area contributed by atoms with E-state index in [-0.39, 0.29) is 29.1 Å². The molecular formula is C22H23N3O5. The first-order valence-electron chi connectivity index (χ1n) is 9.59. The van der Waals surface area contributed by atoms with Crippen LogP contribution in [0, 0.1) is 10.1 Å². The molecule has 0 saturated heterocycles. The number of nitro groups is 1. The Morgan fingerprint density at radius 3 is 2.03 bits per heavy atom. The molecule has 3 rings (SSSR count). The molecule has 1 heterocycles. The molecule has 2 aromatic carbocycles. The number of hydrogen-bond donors (Lipinski definition) is 1. The number of imide groups is 1. The number of hydrogen-bond acceptors (Lipinski definition) is 6. The maximum absolute atomic E-state index is 13.0. The van der Waals surface area contributed by atoms with Crippen molar-refractivity contribution in [3.63, 3.8) is 0 Å². The first kappa shape index (κ1) is 21.0. The summed E-state index contributed by atoms with van der Waals surface area (Å²) in [6, 6.07) is 12.3. The van der Waals surface area contributed by atoms with Crippen LogP contribution >= 0.6 is 0 Å². The third-order valence-electron chi connectivity index (χ3n) is 4.49. The van der Waals surface area contributed by atoms with E-state index in [1.54, 1.807) is 38.1 Å². The zero-order valence-corrected chi connectivity index (χ0v) is 17.2. The van der Waals surface area contributed by atoms with E-state index in [2.05, 4.69) is 5.32 Å². The minimum Gasteiger partial charge on any atom is -0.491 e. The van der Waals surface area contributed by atoms with Crippen molar-refractivity contribution in [1.82, 2.24) is 4.90 Å². The van der Waals surface area contributed by atoms with Crippen LogP contribution in [0.25, 0.3) is 5.57 Å². The number of benzene rings is 2. The SMILES string of the molecule is CC(C)Oc1ccc(NC2=C(c3ccc([N+](=O)[O-])cc3)C(=O)N(C(C)C)C2=O)cc1. The highest BCUT2D eigenvalue weighted by Crippen LogP contribution is 2.32. The van der Waals surface area contributed by atoms with Gasteiger partial charge in [0.05, 0.1) is 16.6 Å². The summed E-state index contributed by atoms with van der Waals surface area (Å²) in [5.41, 5.74) is 1.29. The van der Waals surface area contributed by atoms with E-state index < -0.39 is 16.7 Å². The Bertz CT molecular complexity index is 1010. The molecule has 0 aromatic heterocycles. The van der Waals surface area contributed by atoms with Crippen molar-refractivity contribution < 1.29 is 19.2 Å². The second kappa shape index (κ2) is 8.36. The van der Waals surface area contributed by atoms with Crippen molar-refractivity contribution in [3.8, 4) is 5.75 Å². The van der Waals surface area contributed by atoms with Crippen molar-refractivity contribution in [1.29, 1.82) is 0 Å². The van der Waals surface area contributed by atoms with Gasteiger partial charge in [-0.3, -0.25) is 24.6 Å². The minimum absolute atomic E-state index is 0.0360. The van der Waals surface area contributed by atoms with Gasteiger partial charge in [-0.2, -0.15) is 0 Å². The van der Waals surface area contributed by atoms with E-state index >= 15 is 0 Å². The number of amides is 2. The van der Waals surface area contributed by atoms with E-state index in [9.17, 15) is 19.7 Å². The maximum Gasteiger partial charge on any atom is 0.278 e. The molecule has 0 saturated carbocycles. The Labute approximate surface area is 174 Å². The Kier molecular flexibility index (Phi) is 5.86. The number of anilines is 1. The Morgan fingerprint density at radius 1 is 0.933 bits per heavy atom. The van der Waals surface area contributed by atoms with Crippen molar-refractivity contribution in [3.05, 3.63) is 69.9 Å². The molecule has 0 radical (unpaired) electrons. The van der Waals surface area contributed by atoms with Gasteiger partial charge in [-0.05, 0) is 69.7 Å². The fourth-order valence-electron chi connectivity index (χ4n) is 3.18. The Balaban J connectivity index is 2.00. The topological polar surface area (TPSA) is 102 Å². The molecule has 2 amide bonds. The van der Waals surface area contributed by atoms with Gasteiger partial charge in [0.25, 0.3) is 17.5 Å². The molecule has 0 atom stereocenters. The number of nitrogens with one attached hydrogen (secondary N) is 1. The van der Waals surface area contributed by atoms with Crippen molar-refractivity contribution in [2.24, 2.45) is 0 Å². The predicted molar refractivity (Wildman–Crippen MR) is 113 cm³/mol. The van der Waals surface area contributed by atoms with E-state index in [0.29, 0.717) is 17.0 Å². The highest BCUT2D eigenvalue weighted by molar-refractivity contribution is 6.36. The normalized spacial score (nSPS) is 14.1. The highest BCUT2D eigenvalue weighted by Gasteiger charge is 2.40. The molecular weight excluding hydrogens is 386 g/mol. The van der Waals surface area contributed by atoms with Crippen LogP contribution in [0.1, 0.15) is 33.3 Å². The third kappa shape index (κ3) is 4.17. The Hall–Kier alpha value is -3.68. The summed E-state index contributed by atoms with van der Waals surface area (Å²) in [7, 11) is 0. The number of rotatable bonds is 7. The van der Waals surface area contributed by atoms with E-state index in [4.69, 9.17) is 4.74 Å². The summed E-state index contributed by atoms with van der Waals surface area (Å²) in [4.78, 5) is 37.6. The molecule has 30 heavy (non-hydrogen) atoms. The molecule has 156 valence electrons. The van der Waals surface area contributed by atoms with Gasteiger partial charge in [0.1, 0.15) is 11.4 Å². The lowest BCUT2D eigenvalue weighted by molar-refractivity contribution is -0.384. The summed E-state index contributed by atoms with van der Waals surface area (Å²) < 4.78 is 5.62. The molecule has 8 heteroatoms. The monoisotopic (exact) mass is 409 g/mol. The second-order valence-electron chi connectivity index (χ2n) is 7.44. The lowest BCUT2D eigenvalue weighted by Gasteiger charge is -2.19. The van der Waals surface area contributed by atoms with Gasteiger partial charge >= 0.3 is 0 Å². The zero-order valence-electron chi connectivity index (χ0n) is 17.2. The van der Waals surface area contributed by atoms with Gasteiger partial charge in [-0.25, -0.2) is 0 Å². The second-order valence-corrected chi connectivity index (χ2v) is 7.44. The van der Waals surface area contributed by atoms with Gasteiger partial charge in [-0.1, -0.05) is 0 Å². The van der Waals surface area contributed by atoms with Crippen LogP contribution in [0.5, 0.6) is 5.75 Å². The molecule has 2 aromatic rings. The average molecular weight is 409 g/mol. The van der Waals surface area contributed by atoms with Gasteiger partial charge in [0.15, 0.2) is 0 Å². The molecule has 1 aliphatic rings. The number of nitrogens with zero attached hydrogens (tertiary/aromatic N) is 2. The minimum atomic E-state index is -0.514. The van der Waals surface area contributed by atoms with Crippen molar-refractivity contribution >= 4 is 28.8 Å². The first-order chi connectivity index (χ1) is 14.2. The van der Waals surface area contributed by atoms with Gasteiger partial charge in [0, 0.05) is 23.9 Å².